The van der Waals surface area contributed by atoms with Crippen molar-refractivity contribution in [1.29, 1.82) is 0 Å². The summed E-state index contributed by atoms with van der Waals surface area (Å²) in [6.45, 7) is 0. The molecule has 1 heterocycles. The van der Waals surface area contributed by atoms with Gasteiger partial charge in [0.05, 0.1) is 0 Å². The van der Waals surface area contributed by atoms with Crippen LogP contribution in [0, 0.1) is 23.3 Å². The van der Waals surface area contributed by atoms with Crippen LogP contribution >= 0.6 is 0 Å². The van der Waals surface area contributed by atoms with Crippen LogP contribution in [0.2, 0.25) is 0 Å². The Morgan fingerprint density at radius 1 is 1.00 bits per heavy atom. The van der Waals surface area contributed by atoms with Crippen LogP contribution in [-0.2, 0) is 10.0 Å². The zero-order valence-electron chi connectivity index (χ0n) is 12.7. The molecule has 0 spiro atoms. The van der Waals surface area contributed by atoms with E-state index in [1.54, 1.807) is 18.2 Å². The smallest absolute Gasteiger partial charge is 0.247 e. The Bertz CT molecular complexity index is 1000. The second-order valence-electron chi connectivity index (χ2n) is 5.13. The lowest BCUT2D eigenvalue weighted by Gasteiger charge is -2.17. The van der Waals surface area contributed by atoms with Gasteiger partial charge in [-0.05, 0) is 5.56 Å². The van der Waals surface area contributed by atoms with E-state index < -0.39 is 44.2 Å². The number of halogens is 4. The van der Waals surface area contributed by atoms with Crippen molar-refractivity contribution in [3.05, 3.63) is 77.4 Å². The molecule has 0 aliphatic rings. The lowest BCUT2D eigenvalue weighted by molar-refractivity contribution is 0.417. The predicted molar refractivity (Wildman–Crippen MR) is 81.3 cm³/mol. The molecule has 0 saturated heterocycles. The third-order valence-corrected chi connectivity index (χ3v) is 4.90. The Kier molecular flexibility index (Phi) is 4.74. The summed E-state index contributed by atoms with van der Waals surface area (Å²) in [6.07, 6.45) is 1.10. The number of H-pyrrole nitrogens is 1. The fourth-order valence-corrected chi connectivity index (χ4v) is 3.63. The number of rotatable bonds is 5. The van der Waals surface area contributed by atoms with Gasteiger partial charge in [0.25, 0.3) is 0 Å². The second-order valence-corrected chi connectivity index (χ2v) is 6.78. The van der Waals surface area contributed by atoms with Gasteiger partial charge in [-0.25, -0.2) is 31.0 Å². The van der Waals surface area contributed by atoms with E-state index in [0.29, 0.717) is 5.56 Å². The van der Waals surface area contributed by atoms with Gasteiger partial charge in [-0.2, -0.15) is 9.82 Å². The number of benzene rings is 2. The molecule has 136 valence electrons. The molecule has 11 heteroatoms. The first kappa shape index (κ1) is 18.0. The summed E-state index contributed by atoms with van der Waals surface area (Å²) in [5.41, 5.74) is 0.352. The molecule has 1 aromatic heterocycles. The average Bonchev–Trinajstić information content (AvgIpc) is 3.13. The quantitative estimate of drug-likeness (QED) is 0.521. The van der Waals surface area contributed by atoms with E-state index in [-0.39, 0.29) is 11.9 Å². The number of sulfonamides is 1. The molecule has 0 saturated carbocycles. The van der Waals surface area contributed by atoms with Gasteiger partial charge in [-0.3, -0.25) is 5.10 Å². The number of aromatic amines is 1. The van der Waals surface area contributed by atoms with Crippen molar-refractivity contribution in [1.82, 2.24) is 19.9 Å². The molecule has 3 aromatic rings. The topological polar surface area (TPSA) is 87.7 Å². The van der Waals surface area contributed by atoms with E-state index in [1.807, 2.05) is 4.72 Å². The predicted octanol–water partition coefficient (Wildman–Crippen LogP) is 2.43. The highest BCUT2D eigenvalue weighted by Crippen LogP contribution is 2.27. The van der Waals surface area contributed by atoms with E-state index >= 15 is 0 Å². The van der Waals surface area contributed by atoms with E-state index in [4.69, 9.17) is 0 Å². The van der Waals surface area contributed by atoms with Crippen molar-refractivity contribution in [2.45, 2.75) is 10.9 Å². The number of hydrogen-bond acceptors (Lipinski definition) is 4. The molecular weight excluding hydrogens is 376 g/mol. The SMILES string of the molecule is O=S(=O)(NC(c1ccccc1)c1ncn[nH]1)c1c(F)c(F)cc(F)c1F. The first-order valence-corrected chi connectivity index (χ1v) is 8.55. The van der Waals surface area contributed by atoms with Crippen LogP contribution in [-0.4, -0.2) is 23.6 Å². The van der Waals surface area contributed by atoms with Crippen LogP contribution in [0.15, 0.2) is 47.6 Å². The molecule has 2 N–H and O–H groups in total. The van der Waals surface area contributed by atoms with E-state index in [2.05, 4.69) is 15.2 Å². The van der Waals surface area contributed by atoms with Crippen molar-refractivity contribution < 1.29 is 26.0 Å². The minimum Gasteiger partial charge on any atom is -0.262 e. The number of aromatic nitrogens is 3. The Hall–Kier alpha value is -2.79. The van der Waals surface area contributed by atoms with Gasteiger partial charge in [-0.1, -0.05) is 30.3 Å². The molecule has 1 atom stereocenters. The minimum atomic E-state index is -5.01. The fraction of sp³-hybridized carbons (Fsp3) is 0.0667. The van der Waals surface area contributed by atoms with Crippen LogP contribution in [0.3, 0.4) is 0 Å². The van der Waals surface area contributed by atoms with Crippen LogP contribution < -0.4 is 4.72 Å². The summed E-state index contributed by atoms with van der Waals surface area (Å²) in [4.78, 5) is 2.07. The minimum absolute atomic E-state index is 0.0115. The fourth-order valence-electron chi connectivity index (χ4n) is 2.28. The second kappa shape index (κ2) is 6.84. The van der Waals surface area contributed by atoms with Crippen molar-refractivity contribution in [3.63, 3.8) is 0 Å². The molecule has 2 aromatic carbocycles. The van der Waals surface area contributed by atoms with Gasteiger partial charge in [0.1, 0.15) is 18.2 Å². The highest BCUT2D eigenvalue weighted by molar-refractivity contribution is 7.89. The molecule has 6 nitrogen and oxygen atoms in total. The van der Waals surface area contributed by atoms with Crippen LogP contribution in [0.4, 0.5) is 17.6 Å². The molecule has 0 amide bonds. The van der Waals surface area contributed by atoms with Gasteiger partial charge in [0, 0.05) is 6.07 Å². The lowest BCUT2D eigenvalue weighted by atomic mass is 10.1. The maximum Gasteiger partial charge on any atom is 0.247 e. The summed E-state index contributed by atoms with van der Waals surface area (Å²) in [7, 11) is -5.01. The Labute approximate surface area is 145 Å². The van der Waals surface area contributed by atoms with Gasteiger partial charge in [-0.15, -0.1) is 0 Å². The largest absolute Gasteiger partial charge is 0.262 e. The first-order chi connectivity index (χ1) is 12.3. The molecule has 0 fully saturated rings. The van der Waals surface area contributed by atoms with Crippen LogP contribution in [0.1, 0.15) is 17.4 Å². The summed E-state index contributed by atoms with van der Waals surface area (Å²) < 4.78 is 81.5. The molecule has 0 radical (unpaired) electrons. The Morgan fingerprint density at radius 2 is 1.62 bits per heavy atom. The zero-order valence-corrected chi connectivity index (χ0v) is 13.6. The monoisotopic (exact) mass is 386 g/mol. The molecule has 3 rings (SSSR count). The summed E-state index contributed by atoms with van der Waals surface area (Å²) in [6, 6.07) is 6.59. The van der Waals surface area contributed by atoms with Gasteiger partial charge >= 0.3 is 0 Å². The molecule has 0 bridgehead atoms. The summed E-state index contributed by atoms with van der Waals surface area (Å²) in [5, 5.41) is 6.03. The highest BCUT2D eigenvalue weighted by atomic mass is 32.2. The van der Waals surface area contributed by atoms with Crippen molar-refractivity contribution in [2.24, 2.45) is 0 Å². The van der Waals surface area contributed by atoms with Crippen LogP contribution in [0.25, 0.3) is 0 Å². The number of nitrogens with zero attached hydrogens (tertiary/aromatic N) is 2. The third kappa shape index (κ3) is 3.30. The van der Waals surface area contributed by atoms with Gasteiger partial charge in [0.15, 0.2) is 28.2 Å². The van der Waals surface area contributed by atoms with E-state index in [1.165, 1.54) is 12.1 Å². The lowest BCUT2D eigenvalue weighted by Crippen LogP contribution is -2.32. The normalized spacial score (nSPS) is 12.9. The Morgan fingerprint density at radius 3 is 2.15 bits per heavy atom. The number of nitrogens with one attached hydrogen (secondary N) is 2. The van der Waals surface area contributed by atoms with Crippen molar-refractivity contribution in [2.75, 3.05) is 0 Å². The van der Waals surface area contributed by atoms with Crippen LogP contribution in [0.5, 0.6) is 0 Å². The van der Waals surface area contributed by atoms with Crippen molar-refractivity contribution >= 4 is 10.0 Å². The van der Waals surface area contributed by atoms with E-state index in [0.717, 1.165) is 6.33 Å². The maximum atomic E-state index is 13.9. The zero-order chi connectivity index (χ0) is 18.9. The maximum absolute atomic E-state index is 13.9. The highest BCUT2D eigenvalue weighted by Gasteiger charge is 2.33. The first-order valence-electron chi connectivity index (χ1n) is 7.07. The summed E-state index contributed by atoms with van der Waals surface area (Å²) >= 11 is 0. The molecule has 0 aliphatic heterocycles. The molecule has 1 unspecified atom stereocenters. The van der Waals surface area contributed by atoms with Crippen molar-refractivity contribution in [3.8, 4) is 0 Å². The Balaban J connectivity index is 2.10. The molecule has 0 aliphatic carbocycles. The van der Waals surface area contributed by atoms with E-state index in [9.17, 15) is 26.0 Å². The van der Waals surface area contributed by atoms with Gasteiger partial charge in [0.2, 0.25) is 10.0 Å². The molecular formula is C15H10F4N4O2S. The number of hydrogen-bond donors (Lipinski definition) is 2. The standard InChI is InChI=1S/C15H10F4N4O2S/c16-9-6-10(17)12(19)14(11(9)18)26(24,25)23-13(15-20-7-21-22-15)8-4-2-1-3-5-8/h1-7,13,23H,(H,20,21,22). The van der Waals surface area contributed by atoms with Gasteiger partial charge < -0.3 is 0 Å². The summed E-state index contributed by atoms with van der Waals surface area (Å²) in [5.74, 6) is -7.71. The average molecular weight is 386 g/mol. The molecule has 26 heavy (non-hydrogen) atoms. The third-order valence-electron chi connectivity index (χ3n) is 3.45.